The van der Waals surface area contributed by atoms with Crippen LogP contribution in [0.15, 0.2) is 53.4 Å². The van der Waals surface area contributed by atoms with E-state index in [2.05, 4.69) is 4.98 Å². The lowest BCUT2D eigenvalue weighted by Crippen LogP contribution is -3.06. The van der Waals surface area contributed by atoms with Crippen molar-refractivity contribution in [3.05, 3.63) is 54.1 Å². The number of nitrogens with one attached hydrogen (secondary N) is 1. The van der Waals surface area contributed by atoms with Crippen molar-refractivity contribution in [2.75, 3.05) is 38.3 Å². The molecule has 1 N–H and O–H groups in total. The molecule has 6 nitrogen and oxygen atoms in total. The number of anilines is 1. The molecule has 3 rings (SSSR count). The number of fused-ring (bicyclic) bond motifs is 1. The number of rotatable bonds is 6. The molecular weight excluding hydrogens is 382 g/mol. The van der Waals surface area contributed by atoms with Gasteiger partial charge in [-0.3, -0.25) is 9.69 Å². The number of carbonyl (C=O) groups is 1. The van der Waals surface area contributed by atoms with E-state index in [0.29, 0.717) is 22.8 Å². The molecule has 1 heterocycles. The van der Waals surface area contributed by atoms with Crippen LogP contribution in [0.3, 0.4) is 0 Å². The highest BCUT2D eigenvalue weighted by Crippen LogP contribution is 2.31. The SMILES string of the molecule is C[NH+](C)CCN(C(=O)c1ccccc1)c1nc2ccc(S(C)(=O)=O)cc2s1. The van der Waals surface area contributed by atoms with Gasteiger partial charge in [0.15, 0.2) is 15.0 Å². The van der Waals surface area contributed by atoms with Crippen LogP contribution in [-0.4, -0.2) is 52.7 Å². The molecule has 27 heavy (non-hydrogen) atoms. The van der Waals surface area contributed by atoms with Crippen molar-refractivity contribution in [3.63, 3.8) is 0 Å². The molecule has 8 heteroatoms. The summed E-state index contributed by atoms with van der Waals surface area (Å²) in [5, 5.41) is 0.575. The molecule has 142 valence electrons. The molecular formula is C19H22N3O3S2+. The molecule has 0 bridgehead atoms. The molecule has 1 aromatic heterocycles. The van der Waals surface area contributed by atoms with E-state index < -0.39 is 9.84 Å². The van der Waals surface area contributed by atoms with E-state index in [9.17, 15) is 13.2 Å². The number of benzene rings is 2. The Bertz CT molecular complexity index is 1060. The van der Waals surface area contributed by atoms with Gasteiger partial charge in [0.05, 0.1) is 42.3 Å². The summed E-state index contributed by atoms with van der Waals surface area (Å²) in [5.74, 6) is -0.112. The van der Waals surface area contributed by atoms with Gasteiger partial charge < -0.3 is 4.90 Å². The van der Waals surface area contributed by atoms with Crippen LogP contribution < -0.4 is 9.80 Å². The van der Waals surface area contributed by atoms with Crippen LogP contribution in [-0.2, 0) is 9.84 Å². The fourth-order valence-corrected chi connectivity index (χ4v) is 4.35. The zero-order valence-corrected chi connectivity index (χ0v) is 17.1. The largest absolute Gasteiger partial charge is 0.338 e. The summed E-state index contributed by atoms with van der Waals surface area (Å²) in [4.78, 5) is 20.8. The molecule has 0 saturated heterocycles. The lowest BCUT2D eigenvalue weighted by atomic mass is 10.2. The fourth-order valence-electron chi connectivity index (χ4n) is 2.59. The summed E-state index contributed by atoms with van der Waals surface area (Å²) in [6.07, 6.45) is 1.18. The van der Waals surface area contributed by atoms with Crippen LogP contribution in [0.1, 0.15) is 10.4 Å². The quantitative estimate of drug-likeness (QED) is 0.676. The minimum Gasteiger partial charge on any atom is -0.338 e. The number of carbonyl (C=O) groups excluding carboxylic acids is 1. The Balaban J connectivity index is 2.02. The first kappa shape index (κ1) is 19.5. The standard InChI is InChI=1S/C19H21N3O3S2/c1-21(2)11-12-22(18(23)14-7-5-4-6-8-14)19-20-16-10-9-15(27(3,24)25)13-17(16)26-19/h4-10,13H,11-12H2,1-3H3/p+1. The molecule has 0 aliphatic rings. The summed E-state index contributed by atoms with van der Waals surface area (Å²) < 4.78 is 24.4. The van der Waals surface area contributed by atoms with Gasteiger partial charge in [-0.1, -0.05) is 29.5 Å². The van der Waals surface area contributed by atoms with Gasteiger partial charge in [-0.2, -0.15) is 0 Å². The van der Waals surface area contributed by atoms with Crippen molar-refractivity contribution in [1.29, 1.82) is 0 Å². The van der Waals surface area contributed by atoms with Gasteiger partial charge in [0.25, 0.3) is 5.91 Å². The Hall–Kier alpha value is -2.29. The average Bonchev–Trinajstić information content (AvgIpc) is 3.04. The number of aromatic nitrogens is 1. The van der Waals surface area contributed by atoms with E-state index in [1.807, 2.05) is 32.3 Å². The topological polar surface area (TPSA) is 71.8 Å². The Morgan fingerprint density at radius 1 is 1.15 bits per heavy atom. The molecule has 2 aromatic carbocycles. The van der Waals surface area contributed by atoms with Gasteiger partial charge in [0, 0.05) is 11.8 Å². The highest BCUT2D eigenvalue weighted by atomic mass is 32.2. The molecule has 3 aromatic rings. The summed E-state index contributed by atoms with van der Waals surface area (Å²) in [7, 11) is 0.768. The minimum atomic E-state index is -3.29. The Morgan fingerprint density at radius 2 is 1.85 bits per heavy atom. The Morgan fingerprint density at radius 3 is 2.48 bits per heavy atom. The molecule has 0 unspecified atom stereocenters. The highest BCUT2D eigenvalue weighted by Gasteiger charge is 2.22. The maximum absolute atomic E-state index is 13.0. The number of quaternary nitrogens is 1. The van der Waals surface area contributed by atoms with Gasteiger partial charge in [0.1, 0.15) is 0 Å². The Kier molecular flexibility index (Phi) is 5.59. The predicted octanol–water partition coefficient (Wildman–Crippen LogP) is 1.49. The number of hydrogen-bond acceptors (Lipinski definition) is 5. The van der Waals surface area contributed by atoms with Gasteiger partial charge >= 0.3 is 0 Å². The zero-order valence-electron chi connectivity index (χ0n) is 15.5. The fraction of sp³-hybridized carbons (Fsp3) is 0.263. The summed E-state index contributed by atoms with van der Waals surface area (Å²) in [6.45, 7) is 1.29. The molecule has 1 amide bonds. The van der Waals surface area contributed by atoms with Crippen LogP contribution in [0, 0.1) is 0 Å². The van der Waals surface area contributed by atoms with Crippen molar-refractivity contribution in [3.8, 4) is 0 Å². The first-order valence-corrected chi connectivity index (χ1v) is 11.2. The van der Waals surface area contributed by atoms with Crippen LogP contribution >= 0.6 is 11.3 Å². The van der Waals surface area contributed by atoms with E-state index in [1.165, 1.54) is 22.5 Å². The lowest BCUT2D eigenvalue weighted by Gasteiger charge is -2.20. The van der Waals surface area contributed by atoms with Crippen molar-refractivity contribution in [2.24, 2.45) is 0 Å². The third-order valence-corrected chi connectivity index (χ3v) is 6.26. The van der Waals surface area contributed by atoms with Gasteiger partial charge in [-0.25, -0.2) is 13.4 Å². The van der Waals surface area contributed by atoms with E-state index in [4.69, 9.17) is 0 Å². The van der Waals surface area contributed by atoms with Crippen LogP contribution in [0.2, 0.25) is 0 Å². The second-order valence-electron chi connectivity index (χ2n) is 6.68. The van der Waals surface area contributed by atoms with Crippen molar-refractivity contribution >= 4 is 42.4 Å². The molecule has 0 atom stereocenters. The number of likely N-dealkylation sites (N-methyl/N-ethyl adjacent to an activating group) is 1. The zero-order chi connectivity index (χ0) is 19.6. The van der Waals surface area contributed by atoms with E-state index in [1.54, 1.807) is 35.2 Å². The highest BCUT2D eigenvalue weighted by molar-refractivity contribution is 7.90. The van der Waals surface area contributed by atoms with Gasteiger partial charge in [-0.05, 0) is 30.3 Å². The second kappa shape index (κ2) is 7.75. The van der Waals surface area contributed by atoms with Gasteiger partial charge in [0.2, 0.25) is 0 Å². The maximum Gasteiger partial charge on any atom is 0.260 e. The summed E-state index contributed by atoms with van der Waals surface area (Å²) in [5.41, 5.74) is 1.28. The third-order valence-electron chi connectivity index (χ3n) is 4.11. The van der Waals surface area contributed by atoms with Crippen molar-refractivity contribution < 1.29 is 18.1 Å². The number of sulfone groups is 1. The molecule has 0 saturated carbocycles. The number of thiazole rings is 1. The third kappa shape index (κ3) is 4.52. The average molecular weight is 405 g/mol. The molecule has 0 aliphatic heterocycles. The number of amides is 1. The van der Waals surface area contributed by atoms with Crippen LogP contribution in [0.25, 0.3) is 10.2 Å². The second-order valence-corrected chi connectivity index (χ2v) is 9.70. The van der Waals surface area contributed by atoms with Crippen molar-refractivity contribution in [1.82, 2.24) is 4.98 Å². The molecule has 0 fully saturated rings. The van der Waals surface area contributed by atoms with Crippen molar-refractivity contribution in [2.45, 2.75) is 4.90 Å². The van der Waals surface area contributed by atoms with E-state index in [0.717, 1.165) is 11.2 Å². The first-order valence-electron chi connectivity index (χ1n) is 8.52. The molecule has 0 radical (unpaired) electrons. The Labute approximate surface area is 163 Å². The van der Waals surface area contributed by atoms with Gasteiger partial charge in [-0.15, -0.1) is 0 Å². The number of nitrogens with zero attached hydrogens (tertiary/aromatic N) is 2. The normalized spacial score (nSPS) is 11.9. The monoisotopic (exact) mass is 404 g/mol. The lowest BCUT2D eigenvalue weighted by molar-refractivity contribution is -0.856. The summed E-state index contributed by atoms with van der Waals surface area (Å²) >= 11 is 1.33. The smallest absolute Gasteiger partial charge is 0.260 e. The van der Waals surface area contributed by atoms with Crippen LogP contribution in [0.5, 0.6) is 0 Å². The maximum atomic E-state index is 13.0. The summed E-state index contributed by atoms with van der Waals surface area (Å²) in [6, 6.07) is 14.0. The van der Waals surface area contributed by atoms with Crippen LogP contribution in [0.4, 0.5) is 5.13 Å². The number of hydrogen-bond donors (Lipinski definition) is 1. The van der Waals surface area contributed by atoms with E-state index >= 15 is 0 Å². The minimum absolute atomic E-state index is 0.112. The molecule has 0 aliphatic carbocycles. The molecule has 0 spiro atoms. The predicted molar refractivity (Wildman–Crippen MR) is 109 cm³/mol. The first-order chi connectivity index (χ1) is 12.8. The van der Waals surface area contributed by atoms with E-state index in [-0.39, 0.29) is 10.8 Å².